The fourth-order valence-electron chi connectivity index (χ4n) is 3.86. The normalized spacial score (nSPS) is 14.8. The fourth-order valence-corrected chi connectivity index (χ4v) is 3.86. The predicted octanol–water partition coefficient (Wildman–Crippen LogP) is 4.64. The Morgan fingerprint density at radius 2 is 1.69 bits per heavy atom. The van der Waals surface area contributed by atoms with E-state index in [2.05, 4.69) is 5.32 Å². The predicted molar refractivity (Wildman–Crippen MR) is 123 cm³/mol. The third kappa shape index (κ3) is 5.36. The third-order valence-corrected chi connectivity index (χ3v) is 5.50. The Morgan fingerprint density at radius 3 is 2.28 bits per heavy atom. The zero-order chi connectivity index (χ0) is 23.5. The first kappa shape index (κ1) is 23.5. The van der Waals surface area contributed by atoms with Gasteiger partial charge in [0, 0.05) is 37.1 Å². The van der Waals surface area contributed by atoms with Crippen molar-refractivity contribution >= 4 is 17.7 Å². The minimum absolute atomic E-state index is 0.135. The van der Waals surface area contributed by atoms with E-state index in [0.717, 1.165) is 18.4 Å². The smallest absolute Gasteiger partial charge is 0.410 e. The quantitative estimate of drug-likeness (QED) is 0.728. The number of benzene rings is 1. The Bertz CT molecular complexity index is 968. The SMILES string of the molecule is COc1cc(C)c(NC(=O)c2cccn2C2CCN(C(=O)OC(C)(C)C)CC2)cc1OC. The number of hydrogen-bond donors (Lipinski definition) is 1. The molecule has 0 atom stereocenters. The summed E-state index contributed by atoms with van der Waals surface area (Å²) in [4.78, 5) is 27.1. The maximum absolute atomic E-state index is 13.1. The maximum atomic E-state index is 13.1. The second-order valence-corrected chi connectivity index (χ2v) is 8.98. The molecule has 0 radical (unpaired) electrons. The van der Waals surface area contributed by atoms with E-state index in [0.29, 0.717) is 36.0 Å². The summed E-state index contributed by atoms with van der Waals surface area (Å²) in [5.41, 5.74) is 1.61. The lowest BCUT2D eigenvalue weighted by Crippen LogP contribution is -2.42. The lowest BCUT2D eigenvalue weighted by atomic mass is 10.0. The van der Waals surface area contributed by atoms with Crippen LogP contribution in [0, 0.1) is 6.92 Å². The number of likely N-dealkylation sites (tertiary alicyclic amines) is 1. The Morgan fingerprint density at radius 1 is 1.06 bits per heavy atom. The van der Waals surface area contributed by atoms with Crippen LogP contribution in [0.2, 0.25) is 0 Å². The number of piperidine rings is 1. The van der Waals surface area contributed by atoms with Crippen LogP contribution >= 0.6 is 0 Å². The molecule has 1 fully saturated rings. The molecule has 0 spiro atoms. The molecular formula is C24H33N3O5. The number of aryl methyl sites for hydroxylation is 1. The number of aromatic nitrogens is 1. The number of methoxy groups -OCH3 is 2. The van der Waals surface area contributed by atoms with E-state index in [1.54, 1.807) is 25.2 Å². The summed E-state index contributed by atoms with van der Waals surface area (Å²) in [7, 11) is 3.14. The minimum Gasteiger partial charge on any atom is -0.493 e. The number of ether oxygens (including phenoxy) is 3. The van der Waals surface area contributed by atoms with Gasteiger partial charge in [0.05, 0.1) is 14.2 Å². The number of carbonyl (C=O) groups is 2. The number of nitrogens with zero attached hydrogens (tertiary/aromatic N) is 2. The highest BCUT2D eigenvalue weighted by Crippen LogP contribution is 2.33. The number of amides is 2. The molecule has 8 heteroatoms. The molecule has 2 aromatic rings. The zero-order valence-electron chi connectivity index (χ0n) is 19.7. The number of nitrogens with one attached hydrogen (secondary N) is 1. The van der Waals surface area contributed by atoms with Crippen LogP contribution in [0.25, 0.3) is 0 Å². The molecule has 174 valence electrons. The van der Waals surface area contributed by atoms with Gasteiger partial charge in [-0.1, -0.05) is 0 Å². The molecule has 0 unspecified atom stereocenters. The number of anilines is 1. The van der Waals surface area contributed by atoms with Gasteiger partial charge in [-0.3, -0.25) is 4.79 Å². The first-order chi connectivity index (χ1) is 15.1. The summed E-state index contributed by atoms with van der Waals surface area (Å²) in [5.74, 6) is 0.973. The summed E-state index contributed by atoms with van der Waals surface area (Å²) >= 11 is 0. The lowest BCUT2D eigenvalue weighted by Gasteiger charge is -2.34. The Kier molecular flexibility index (Phi) is 7.01. The molecule has 8 nitrogen and oxygen atoms in total. The van der Waals surface area contributed by atoms with Crippen molar-refractivity contribution < 1.29 is 23.8 Å². The Hall–Kier alpha value is -3.16. The standard InChI is InChI=1S/C24H33N3O5/c1-16-14-20(30-5)21(31-6)15-18(16)25-22(28)19-8-7-11-27(19)17-9-12-26(13-10-17)23(29)32-24(2,3)4/h7-8,11,14-15,17H,9-10,12-13H2,1-6H3,(H,25,28). The first-order valence-corrected chi connectivity index (χ1v) is 10.8. The van der Waals surface area contributed by atoms with E-state index < -0.39 is 5.60 Å². The number of hydrogen-bond acceptors (Lipinski definition) is 5. The van der Waals surface area contributed by atoms with Crippen molar-refractivity contribution in [3.8, 4) is 11.5 Å². The average molecular weight is 444 g/mol. The van der Waals surface area contributed by atoms with Gasteiger partial charge in [-0.2, -0.15) is 0 Å². The highest BCUT2D eigenvalue weighted by Gasteiger charge is 2.29. The van der Waals surface area contributed by atoms with Crippen LogP contribution in [0.5, 0.6) is 11.5 Å². The van der Waals surface area contributed by atoms with Gasteiger partial charge in [0.1, 0.15) is 11.3 Å². The highest BCUT2D eigenvalue weighted by molar-refractivity contribution is 6.03. The Labute approximate surface area is 189 Å². The average Bonchev–Trinajstić information content (AvgIpc) is 3.23. The summed E-state index contributed by atoms with van der Waals surface area (Å²) in [6.45, 7) is 8.68. The van der Waals surface area contributed by atoms with Gasteiger partial charge in [0.15, 0.2) is 11.5 Å². The van der Waals surface area contributed by atoms with Crippen molar-refractivity contribution in [3.63, 3.8) is 0 Å². The topological polar surface area (TPSA) is 82.0 Å². The highest BCUT2D eigenvalue weighted by atomic mass is 16.6. The van der Waals surface area contributed by atoms with Crippen molar-refractivity contribution in [1.82, 2.24) is 9.47 Å². The third-order valence-electron chi connectivity index (χ3n) is 5.50. The molecule has 3 rings (SSSR count). The second kappa shape index (κ2) is 9.54. The first-order valence-electron chi connectivity index (χ1n) is 10.8. The number of carbonyl (C=O) groups excluding carboxylic acids is 2. The van der Waals surface area contributed by atoms with E-state index in [1.807, 2.05) is 56.7 Å². The van der Waals surface area contributed by atoms with Gasteiger partial charge < -0.3 is 29.0 Å². The Balaban J connectivity index is 1.69. The molecule has 0 bridgehead atoms. The van der Waals surface area contributed by atoms with Gasteiger partial charge in [-0.05, 0) is 64.3 Å². The fraction of sp³-hybridized carbons (Fsp3) is 0.500. The van der Waals surface area contributed by atoms with Crippen LogP contribution in [0.15, 0.2) is 30.5 Å². The van der Waals surface area contributed by atoms with E-state index >= 15 is 0 Å². The molecule has 1 aliphatic rings. The lowest BCUT2D eigenvalue weighted by molar-refractivity contribution is 0.0187. The molecule has 0 aliphatic carbocycles. The van der Waals surface area contributed by atoms with E-state index in [4.69, 9.17) is 14.2 Å². The zero-order valence-corrected chi connectivity index (χ0v) is 19.7. The molecule has 2 amide bonds. The molecular weight excluding hydrogens is 410 g/mol. The van der Waals surface area contributed by atoms with Gasteiger partial charge >= 0.3 is 6.09 Å². The maximum Gasteiger partial charge on any atom is 0.410 e. The second-order valence-electron chi connectivity index (χ2n) is 8.98. The van der Waals surface area contributed by atoms with Crippen LogP contribution in [-0.2, 0) is 4.74 Å². The van der Waals surface area contributed by atoms with Gasteiger partial charge in [-0.25, -0.2) is 4.79 Å². The van der Waals surface area contributed by atoms with Gasteiger partial charge in [-0.15, -0.1) is 0 Å². The number of rotatable bonds is 5. The van der Waals surface area contributed by atoms with Gasteiger partial charge in [0.2, 0.25) is 0 Å². The van der Waals surface area contributed by atoms with E-state index in [9.17, 15) is 9.59 Å². The molecule has 1 saturated heterocycles. The van der Waals surface area contributed by atoms with Crippen LogP contribution in [0.4, 0.5) is 10.5 Å². The van der Waals surface area contributed by atoms with Crippen LogP contribution in [-0.4, -0.2) is 54.4 Å². The van der Waals surface area contributed by atoms with Crippen LogP contribution < -0.4 is 14.8 Å². The van der Waals surface area contributed by atoms with Crippen molar-refractivity contribution in [2.45, 2.75) is 52.2 Å². The van der Waals surface area contributed by atoms with Crippen molar-refractivity contribution in [2.75, 3.05) is 32.6 Å². The van der Waals surface area contributed by atoms with Crippen molar-refractivity contribution in [2.24, 2.45) is 0 Å². The van der Waals surface area contributed by atoms with E-state index in [1.165, 1.54) is 0 Å². The van der Waals surface area contributed by atoms with Crippen LogP contribution in [0.1, 0.15) is 55.7 Å². The largest absolute Gasteiger partial charge is 0.493 e. The molecule has 1 aliphatic heterocycles. The summed E-state index contributed by atoms with van der Waals surface area (Å²) in [5, 5.41) is 2.99. The monoisotopic (exact) mass is 443 g/mol. The summed E-state index contributed by atoms with van der Waals surface area (Å²) in [6, 6.07) is 7.41. The van der Waals surface area contributed by atoms with Crippen LogP contribution in [0.3, 0.4) is 0 Å². The summed E-state index contributed by atoms with van der Waals surface area (Å²) < 4.78 is 18.2. The molecule has 2 heterocycles. The molecule has 0 saturated carbocycles. The summed E-state index contributed by atoms with van der Waals surface area (Å²) in [6.07, 6.45) is 3.14. The molecule has 1 aromatic heterocycles. The van der Waals surface area contributed by atoms with Crippen molar-refractivity contribution in [3.05, 3.63) is 41.7 Å². The van der Waals surface area contributed by atoms with Gasteiger partial charge in [0.25, 0.3) is 5.91 Å². The molecule has 32 heavy (non-hydrogen) atoms. The van der Waals surface area contributed by atoms with E-state index in [-0.39, 0.29) is 18.0 Å². The molecule has 1 N–H and O–H groups in total. The van der Waals surface area contributed by atoms with Crippen molar-refractivity contribution in [1.29, 1.82) is 0 Å². The molecule has 1 aromatic carbocycles. The minimum atomic E-state index is -0.512.